The van der Waals surface area contributed by atoms with Crippen molar-refractivity contribution in [2.75, 3.05) is 44.2 Å². The van der Waals surface area contributed by atoms with Gasteiger partial charge in [0.05, 0.1) is 12.3 Å². The number of anilines is 1. The summed E-state index contributed by atoms with van der Waals surface area (Å²) in [7, 11) is 0. The normalized spacial score (nSPS) is 14.9. The molecule has 178 valence electrons. The van der Waals surface area contributed by atoms with Gasteiger partial charge in [0.1, 0.15) is 23.0 Å². The largest absolute Gasteiger partial charge is 0.395 e. The molecule has 9 heteroatoms. The van der Waals surface area contributed by atoms with Crippen LogP contribution in [0.1, 0.15) is 5.56 Å². The Morgan fingerprint density at radius 2 is 1.94 bits per heavy atom. The molecule has 1 aliphatic rings. The lowest BCUT2D eigenvalue weighted by atomic mass is 10.0. The third-order valence-electron chi connectivity index (χ3n) is 6.68. The van der Waals surface area contributed by atoms with E-state index in [9.17, 15) is 9.50 Å². The number of piperazine rings is 1. The summed E-state index contributed by atoms with van der Waals surface area (Å²) in [5.74, 6) is 0.570. The second kappa shape index (κ2) is 8.75. The van der Waals surface area contributed by atoms with E-state index in [4.69, 9.17) is 10.1 Å². The van der Waals surface area contributed by atoms with Crippen LogP contribution in [0.15, 0.2) is 54.9 Å². The Balaban J connectivity index is 1.55. The summed E-state index contributed by atoms with van der Waals surface area (Å²) in [6, 6.07) is 12.5. The lowest BCUT2D eigenvalue weighted by molar-refractivity contribution is 0.188. The van der Waals surface area contributed by atoms with Crippen LogP contribution in [0.5, 0.6) is 0 Å². The van der Waals surface area contributed by atoms with Gasteiger partial charge in [-0.3, -0.25) is 4.90 Å². The number of benzene rings is 1. The minimum atomic E-state index is -0.307. The molecule has 1 aliphatic heterocycles. The predicted octanol–water partition coefficient (Wildman–Crippen LogP) is 3.50. The van der Waals surface area contributed by atoms with Crippen molar-refractivity contribution in [2.45, 2.75) is 6.92 Å². The number of aromatic amines is 1. The maximum absolute atomic E-state index is 14.2. The number of imidazole rings is 1. The van der Waals surface area contributed by atoms with Crippen LogP contribution in [0, 0.1) is 12.7 Å². The first-order valence-corrected chi connectivity index (χ1v) is 11.8. The summed E-state index contributed by atoms with van der Waals surface area (Å²) in [6.07, 6.45) is 3.63. The fourth-order valence-electron chi connectivity index (χ4n) is 4.90. The zero-order chi connectivity index (χ0) is 23.9. The minimum Gasteiger partial charge on any atom is -0.395 e. The quantitative estimate of drug-likeness (QED) is 0.408. The van der Waals surface area contributed by atoms with Gasteiger partial charge in [-0.25, -0.2) is 18.9 Å². The van der Waals surface area contributed by atoms with Gasteiger partial charge in [-0.05, 0) is 42.8 Å². The Hall–Kier alpha value is -3.82. The first kappa shape index (κ1) is 21.7. The number of pyridine rings is 1. The van der Waals surface area contributed by atoms with Gasteiger partial charge in [0.2, 0.25) is 0 Å². The van der Waals surface area contributed by atoms with Crippen LogP contribution in [0.25, 0.3) is 39.2 Å². The SMILES string of the molecule is Cc1cc(N2CCN(CCO)CC2)nn2c(-c3ccnc4[nH]ccc34)c(-c3cccc(F)c3)nc12. The molecule has 1 fully saturated rings. The summed E-state index contributed by atoms with van der Waals surface area (Å²) < 4.78 is 16.1. The lowest BCUT2D eigenvalue weighted by Gasteiger charge is -2.35. The molecule has 0 atom stereocenters. The summed E-state index contributed by atoms with van der Waals surface area (Å²) in [4.78, 5) is 17.1. The average molecular weight is 472 g/mol. The van der Waals surface area contributed by atoms with E-state index < -0.39 is 0 Å². The molecule has 0 saturated carbocycles. The highest BCUT2D eigenvalue weighted by Crippen LogP contribution is 2.37. The number of hydrogen-bond donors (Lipinski definition) is 2. The van der Waals surface area contributed by atoms with Crippen LogP contribution in [0.2, 0.25) is 0 Å². The number of β-amino-alcohol motifs (C(OH)–C–C–N with tert-alkyl or cyclic N) is 1. The molecule has 5 heterocycles. The molecule has 35 heavy (non-hydrogen) atoms. The van der Waals surface area contributed by atoms with Gasteiger partial charge < -0.3 is 15.0 Å². The second-order valence-electron chi connectivity index (χ2n) is 8.89. The molecule has 0 spiro atoms. The van der Waals surface area contributed by atoms with E-state index in [-0.39, 0.29) is 12.4 Å². The van der Waals surface area contributed by atoms with Gasteiger partial charge in [-0.2, -0.15) is 0 Å². The third-order valence-corrected chi connectivity index (χ3v) is 6.68. The number of halogens is 1. The number of aliphatic hydroxyl groups is 1. The van der Waals surface area contributed by atoms with Gasteiger partial charge >= 0.3 is 0 Å². The molecule has 0 amide bonds. The lowest BCUT2D eigenvalue weighted by Crippen LogP contribution is -2.47. The van der Waals surface area contributed by atoms with Gasteiger partial charge in [0, 0.05) is 61.6 Å². The van der Waals surface area contributed by atoms with Crippen molar-refractivity contribution in [1.82, 2.24) is 29.5 Å². The van der Waals surface area contributed by atoms with Crippen LogP contribution >= 0.6 is 0 Å². The molecular weight excluding hydrogens is 445 g/mol. The maximum atomic E-state index is 14.2. The predicted molar refractivity (Wildman–Crippen MR) is 134 cm³/mol. The molecule has 2 N–H and O–H groups in total. The van der Waals surface area contributed by atoms with Crippen molar-refractivity contribution < 1.29 is 9.50 Å². The van der Waals surface area contributed by atoms with Crippen LogP contribution < -0.4 is 4.90 Å². The van der Waals surface area contributed by atoms with E-state index in [1.807, 2.05) is 35.8 Å². The van der Waals surface area contributed by atoms with Crippen molar-refractivity contribution in [3.05, 3.63) is 66.2 Å². The number of aromatic nitrogens is 5. The first-order valence-electron chi connectivity index (χ1n) is 11.8. The molecular formula is C26H26FN7O. The fraction of sp³-hybridized carbons (Fsp3) is 0.269. The number of rotatable bonds is 5. The van der Waals surface area contributed by atoms with Crippen molar-refractivity contribution in [3.63, 3.8) is 0 Å². The zero-order valence-electron chi connectivity index (χ0n) is 19.4. The molecule has 5 aromatic rings. The number of H-pyrrole nitrogens is 1. The Morgan fingerprint density at radius 3 is 2.74 bits per heavy atom. The number of nitrogens with zero attached hydrogens (tertiary/aromatic N) is 6. The van der Waals surface area contributed by atoms with Crippen LogP contribution in [-0.4, -0.2) is 73.9 Å². The molecule has 8 nitrogen and oxygen atoms in total. The Morgan fingerprint density at radius 1 is 1.09 bits per heavy atom. The molecule has 1 aromatic carbocycles. The highest BCUT2D eigenvalue weighted by atomic mass is 19.1. The number of nitrogens with one attached hydrogen (secondary N) is 1. The first-order chi connectivity index (χ1) is 17.1. The van der Waals surface area contributed by atoms with Crippen LogP contribution in [0.3, 0.4) is 0 Å². The number of aliphatic hydroxyl groups excluding tert-OH is 1. The van der Waals surface area contributed by atoms with E-state index >= 15 is 0 Å². The summed E-state index contributed by atoms with van der Waals surface area (Å²) >= 11 is 0. The van der Waals surface area contributed by atoms with E-state index in [1.165, 1.54) is 12.1 Å². The van der Waals surface area contributed by atoms with Gasteiger partial charge in [0.15, 0.2) is 5.65 Å². The molecule has 0 unspecified atom stereocenters. The van der Waals surface area contributed by atoms with Crippen molar-refractivity contribution in [2.24, 2.45) is 0 Å². The number of hydrogen-bond acceptors (Lipinski definition) is 6. The fourth-order valence-corrected chi connectivity index (χ4v) is 4.90. The molecule has 1 saturated heterocycles. The van der Waals surface area contributed by atoms with Crippen LogP contribution in [-0.2, 0) is 0 Å². The van der Waals surface area contributed by atoms with Gasteiger partial charge in [-0.1, -0.05) is 12.1 Å². The summed E-state index contributed by atoms with van der Waals surface area (Å²) in [5, 5.41) is 15.3. The Labute approximate surface area is 201 Å². The molecule has 6 rings (SSSR count). The molecule has 0 aliphatic carbocycles. The molecule has 4 aromatic heterocycles. The number of aryl methyl sites for hydroxylation is 1. The van der Waals surface area contributed by atoms with E-state index in [0.29, 0.717) is 17.8 Å². The highest BCUT2D eigenvalue weighted by molar-refractivity contribution is 5.97. The standard InChI is InChI=1S/C26H26FN7O/c1-17-15-22(33-11-9-32(10-12-33)13-14-35)31-34-24(20-5-7-28-25-21(20)6-8-29-25)23(30-26(17)34)18-3-2-4-19(27)16-18/h2-8,15-16,35H,9-14H2,1H3,(H,28,29). The van der Waals surface area contributed by atoms with E-state index in [1.54, 1.807) is 12.3 Å². The van der Waals surface area contributed by atoms with Crippen LogP contribution in [0.4, 0.5) is 10.2 Å². The molecule has 0 bridgehead atoms. The Kier molecular flexibility index (Phi) is 5.43. The van der Waals surface area contributed by atoms with E-state index in [2.05, 4.69) is 25.8 Å². The monoisotopic (exact) mass is 471 g/mol. The third kappa shape index (κ3) is 3.82. The smallest absolute Gasteiger partial charge is 0.158 e. The maximum Gasteiger partial charge on any atom is 0.158 e. The highest BCUT2D eigenvalue weighted by Gasteiger charge is 2.24. The Bertz CT molecular complexity index is 1520. The van der Waals surface area contributed by atoms with Crippen molar-refractivity contribution >= 4 is 22.5 Å². The van der Waals surface area contributed by atoms with Gasteiger partial charge in [-0.15, -0.1) is 5.10 Å². The minimum absolute atomic E-state index is 0.171. The zero-order valence-corrected chi connectivity index (χ0v) is 19.4. The van der Waals surface area contributed by atoms with Crippen molar-refractivity contribution in [3.8, 4) is 22.5 Å². The van der Waals surface area contributed by atoms with E-state index in [0.717, 1.165) is 65.5 Å². The van der Waals surface area contributed by atoms with Gasteiger partial charge in [0.25, 0.3) is 0 Å². The average Bonchev–Trinajstić information content (AvgIpc) is 3.50. The summed E-state index contributed by atoms with van der Waals surface area (Å²) in [5.41, 5.74) is 5.62. The van der Waals surface area contributed by atoms with Crippen molar-refractivity contribution in [1.29, 1.82) is 0 Å². The number of fused-ring (bicyclic) bond motifs is 2. The topological polar surface area (TPSA) is 85.6 Å². The summed E-state index contributed by atoms with van der Waals surface area (Å²) in [6.45, 7) is 6.30. The molecule has 0 radical (unpaired) electrons. The second-order valence-corrected chi connectivity index (χ2v) is 8.89.